The van der Waals surface area contributed by atoms with Gasteiger partial charge in [0.1, 0.15) is 0 Å². The number of nitrogens with one attached hydrogen (secondary N) is 1. The summed E-state index contributed by atoms with van der Waals surface area (Å²) in [6.45, 7) is 2.86. The minimum atomic E-state index is 0.226. The van der Waals surface area contributed by atoms with E-state index >= 15 is 0 Å². The van der Waals surface area contributed by atoms with Crippen molar-refractivity contribution in [2.24, 2.45) is 11.7 Å². The van der Waals surface area contributed by atoms with Crippen LogP contribution in [0.4, 0.5) is 0 Å². The average Bonchev–Trinajstić information content (AvgIpc) is 2.29. The van der Waals surface area contributed by atoms with Crippen molar-refractivity contribution in [2.45, 2.75) is 19.4 Å². The molecule has 0 saturated carbocycles. The summed E-state index contributed by atoms with van der Waals surface area (Å²) < 4.78 is 1.01. The van der Waals surface area contributed by atoms with E-state index in [0.29, 0.717) is 5.84 Å². The number of likely N-dealkylation sites (tertiary alicyclic amines) is 1. The van der Waals surface area contributed by atoms with Gasteiger partial charge in [0.2, 0.25) is 0 Å². The van der Waals surface area contributed by atoms with Gasteiger partial charge in [0.15, 0.2) is 0 Å². The van der Waals surface area contributed by atoms with Gasteiger partial charge < -0.3 is 5.73 Å². The van der Waals surface area contributed by atoms with E-state index in [1.165, 1.54) is 5.56 Å². The predicted molar refractivity (Wildman–Crippen MR) is 71.9 cm³/mol. The second-order valence-electron chi connectivity index (χ2n) is 4.54. The van der Waals surface area contributed by atoms with Gasteiger partial charge in [-0.2, -0.15) is 0 Å². The van der Waals surface area contributed by atoms with Gasteiger partial charge >= 0.3 is 0 Å². The van der Waals surface area contributed by atoms with Crippen LogP contribution in [0.1, 0.15) is 18.4 Å². The number of hydrogen-bond donors (Lipinski definition) is 2. The molecule has 1 aromatic heterocycles. The van der Waals surface area contributed by atoms with Crippen LogP contribution in [0.3, 0.4) is 0 Å². The zero-order valence-corrected chi connectivity index (χ0v) is 11.3. The third-order valence-corrected chi connectivity index (χ3v) is 3.55. The van der Waals surface area contributed by atoms with Gasteiger partial charge in [0.25, 0.3) is 0 Å². The number of amidine groups is 1. The Bertz CT molecular complexity index is 407. The van der Waals surface area contributed by atoms with Crippen molar-refractivity contribution < 1.29 is 0 Å². The maximum absolute atomic E-state index is 7.52. The van der Waals surface area contributed by atoms with E-state index in [0.717, 1.165) is 36.9 Å². The van der Waals surface area contributed by atoms with Crippen molar-refractivity contribution >= 4 is 21.8 Å². The van der Waals surface area contributed by atoms with Crippen molar-refractivity contribution in [3.8, 4) is 0 Å². The van der Waals surface area contributed by atoms with Crippen LogP contribution in [0.15, 0.2) is 22.9 Å². The summed E-state index contributed by atoms with van der Waals surface area (Å²) in [6, 6.07) is 2.09. The lowest BCUT2D eigenvalue weighted by Gasteiger charge is -2.32. The van der Waals surface area contributed by atoms with Gasteiger partial charge in [-0.25, -0.2) is 0 Å². The lowest BCUT2D eigenvalue weighted by Crippen LogP contribution is -2.40. The number of aromatic nitrogens is 1. The number of hydrogen-bond acceptors (Lipinski definition) is 3. The third kappa shape index (κ3) is 3.51. The van der Waals surface area contributed by atoms with Gasteiger partial charge in [0.05, 0.1) is 5.84 Å². The number of nitrogens with two attached hydrogens (primary N) is 1. The van der Waals surface area contributed by atoms with E-state index in [1.54, 1.807) is 6.20 Å². The van der Waals surface area contributed by atoms with Crippen molar-refractivity contribution in [1.82, 2.24) is 9.88 Å². The Morgan fingerprint density at radius 3 is 3.12 bits per heavy atom. The van der Waals surface area contributed by atoms with Crippen LogP contribution in [0.25, 0.3) is 0 Å². The number of nitrogens with zero attached hydrogens (tertiary/aromatic N) is 2. The lowest BCUT2D eigenvalue weighted by atomic mass is 9.97. The molecule has 0 bridgehead atoms. The normalized spacial score (nSPS) is 21.4. The fourth-order valence-corrected chi connectivity index (χ4v) is 2.67. The van der Waals surface area contributed by atoms with E-state index in [1.807, 2.05) is 6.20 Å². The Hall–Kier alpha value is -0.940. The Kier molecular flexibility index (Phi) is 4.12. The second-order valence-corrected chi connectivity index (χ2v) is 5.46. The monoisotopic (exact) mass is 296 g/mol. The molecule has 1 saturated heterocycles. The maximum Gasteiger partial charge on any atom is 0.0949 e. The Morgan fingerprint density at radius 1 is 1.59 bits per heavy atom. The molecule has 1 fully saturated rings. The van der Waals surface area contributed by atoms with Crippen molar-refractivity contribution in [1.29, 1.82) is 5.41 Å². The fourth-order valence-electron chi connectivity index (χ4n) is 2.25. The zero-order chi connectivity index (χ0) is 12.3. The van der Waals surface area contributed by atoms with Crippen molar-refractivity contribution in [2.75, 3.05) is 13.1 Å². The third-order valence-electron chi connectivity index (χ3n) is 3.11. The molecule has 1 aromatic rings. The Balaban J connectivity index is 1.97. The first-order valence-electron chi connectivity index (χ1n) is 5.81. The summed E-state index contributed by atoms with van der Waals surface area (Å²) in [5, 5.41) is 7.52. The minimum absolute atomic E-state index is 0.226. The van der Waals surface area contributed by atoms with Crippen LogP contribution in [0.2, 0.25) is 0 Å². The smallest absolute Gasteiger partial charge is 0.0949 e. The van der Waals surface area contributed by atoms with E-state index in [-0.39, 0.29) is 5.92 Å². The molecule has 2 heterocycles. The molecular weight excluding hydrogens is 280 g/mol. The topological polar surface area (TPSA) is 66.0 Å². The molecule has 4 nitrogen and oxygen atoms in total. The average molecular weight is 297 g/mol. The first-order valence-corrected chi connectivity index (χ1v) is 6.60. The molecule has 5 heteroatoms. The second kappa shape index (κ2) is 5.60. The molecule has 1 aliphatic rings. The molecule has 17 heavy (non-hydrogen) atoms. The summed E-state index contributed by atoms with van der Waals surface area (Å²) >= 11 is 3.43. The number of rotatable bonds is 3. The van der Waals surface area contributed by atoms with E-state index in [4.69, 9.17) is 11.1 Å². The van der Waals surface area contributed by atoms with Crippen LogP contribution in [0.5, 0.6) is 0 Å². The highest BCUT2D eigenvalue weighted by molar-refractivity contribution is 9.10. The van der Waals surface area contributed by atoms with Crippen LogP contribution >= 0.6 is 15.9 Å². The largest absolute Gasteiger partial charge is 0.387 e. The molecule has 0 radical (unpaired) electrons. The minimum Gasteiger partial charge on any atom is -0.387 e. The quantitative estimate of drug-likeness (QED) is 0.662. The summed E-state index contributed by atoms with van der Waals surface area (Å²) in [5.41, 5.74) is 6.78. The molecule has 0 aliphatic carbocycles. The molecule has 3 N–H and O–H groups in total. The Labute approximate surface area is 110 Å². The summed E-state index contributed by atoms with van der Waals surface area (Å²) in [7, 11) is 0. The highest BCUT2D eigenvalue weighted by Gasteiger charge is 2.21. The zero-order valence-electron chi connectivity index (χ0n) is 9.69. The van der Waals surface area contributed by atoms with E-state index < -0.39 is 0 Å². The molecule has 1 atom stereocenters. The first-order chi connectivity index (χ1) is 8.15. The fraction of sp³-hybridized carbons (Fsp3) is 0.500. The number of pyridine rings is 1. The SMILES string of the molecule is N=C(N)C1CCCN(Cc2cncc(Br)c2)C1. The highest BCUT2D eigenvalue weighted by atomic mass is 79.9. The molecule has 92 valence electrons. The number of piperidine rings is 1. The van der Waals surface area contributed by atoms with E-state index in [2.05, 4.69) is 31.9 Å². The lowest BCUT2D eigenvalue weighted by molar-refractivity contribution is 0.195. The Morgan fingerprint density at radius 2 is 2.41 bits per heavy atom. The van der Waals surface area contributed by atoms with Gasteiger partial charge in [-0.05, 0) is 46.9 Å². The van der Waals surface area contributed by atoms with Gasteiger partial charge in [-0.3, -0.25) is 15.3 Å². The molecule has 1 aliphatic heterocycles. The molecule has 0 amide bonds. The van der Waals surface area contributed by atoms with Crippen LogP contribution in [-0.4, -0.2) is 28.8 Å². The van der Waals surface area contributed by atoms with Crippen LogP contribution in [0, 0.1) is 11.3 Å². The molecular formula is C12H17BrN4. The van der Waals surface area contributed by atoms with Gasteiger partial charge in [-0.15, -0.1) is 0 Å². The maximum atomic E-state index is 7.52. The van der Waals surface area contributed by atoms with Gasteiger partial charge in [-0.1, -0.05) is 0 Å². The van der Waals surface area contributed by atoms with Gasteiger partial charge in [0, 0.05) is 35.9 Å². The molecule has 2 rings (SSSR count). The summed E-state index contributed by atoms with van der Waals surface area (Å²) in [5.74, 6) is 0.547. The molecule has 0 aromatic carbocycles. The van der Waals surface area contributed by atoms with E-state index in [9.17, 15) is 0 Å². The summed E-state index contributed by atoms with van der Waals surface area (Å²) in [6.07, 6.45) is 5.84. The van der Waals surface area contributed by atoms with Crippen LogP contribution in [-0.2, 0) is 6.54 Å². The predicted octanol–water partition coefficient (Wildman–Crippen LogP) is 1.99. The standard InChI is InChI=1S/C12H17BrN4/c13-11-4-9(5-16-6-11)7-17-3-1-2-10(8-17)12(14)15/h4-6,10H,1-3,7-8H2,(H3,14,15). The number of halogens is 1. The molecule has 0 spiro atoms. The molecule has 1 unspecified atom stereocenters. The van der Waals surface area contributed by atoms with Crippen molar-refractivity contribution in [3.63, 3.8) is 0 Å². The van der Waals surface area contributed by atoms with Crippen LogP contribution < -0.4 is 5.73 Å². The first kappa shape index (κ1) is 12.5. The van der Waals surface area contributed by atoms with Crippen molar-refractivity contribution in [3.05, 3.63) is 28.5 Å². The summed E-state index contributed by atoms with van der Waals surface area (Å²) in [4.78, 5) is 6.51. The highest BCUT2D eigenvalue weighted by Crippen LogP contribution is 2.19.